The van der Waals surface area contributed by atoms with Crippen LogP contribution in [0.5, 0.6) is 0 Å². The molecule has 0 aliphatic carbocycles. The summed E-state index contributed by atoms with van der Waals surface area (Å²) in [5.74, 6) is -0.150. The summed E-state index contributed by atoms with van der Waals surface area (Å²) < 4.78 is 0. The summed E-state index contributed by atoms with van der Waals surface area (Å²) >= 11 is 5.97. The minimum atomic E-state index is -0.150. The van der Waals surface area contributed by atoms with Crippen molar-refractivity contribution in [3.05, 3.63) is 53.2 Å². The highest BCUT2D eigenvalue weighted by Crippen LogP contribution is 2.27. The van der Waals surface area contributed by atoms with Gasteiger partial charge in [-0.25, -0.2) is 0 Å². The lowest BCUT2D eigenvalue weighted by Crippen LogP contribution is -2.15. The molecule has 0 radical (unpaired) electrons. The van der Waals surface area contributed by atoms with Crippen molar-refractivity contribution in [3.63, 3.8) is 0 Å². The molecule has 0 spiro atoms. The van der Waals surface area contributed by atoms with Gasteiger partial charge in [-0.15, -0.1) is 0 Å². The van der Waals surface area contributed by atoms with Gasteiger partial charge in [-0.2, -0.15) is 0 Å². The Hall–Kier alpha value is -1.54. The maximum Gasteiger partial charge on any atom is 0.256 e. The highest BCUT2D eigenvalue weighted by Gasteiger charge is 2.20. The first-order valence-electron chi connectivity index (χ1n) is 4.15. The lowest BCUT2D eigenvalue weighted by Gasteiger charge is -2.02. The van der Waals surface area contributed by atoms with Gasteiger partial charge in [0.05, 0.1) is 5.57 Å². The molecule has 1 aromatic rings. The minimum Gasteiger partial charge on any atom is -0.323 e. The predicted molar refractivity (Wildman–Crippen MR) is 56.7 cm³/mol. The van der Waals surface area contributed by atoms with Gasteiger partial charge in [-0.05, 0) is 12.1 Å². The fourth-order valence-corrected chi connectivity index (χ4v) is 1.61. The number of benzene rings is 1. The van der Waals surface area contributed by atoms with Crippen LogP contribution in [0.25, 0.3) is 5.57 Å². The van der Waals surface area contributed by atoms with E-state index in [9.17, 15) is 4.79 Å². The molecular formula is C11H8ClNO. The van der Waals surface area contributed by atoms with E-state index in [1.165, 1.54) is 0 Å². The first-order valence-corrected chi connectivity index (χ1v) is 4.53. The average Bonchev–Trinajstić information content (AvgIpc) is 2.46. The van der Waals surface area contributed by atoms with Crippen molar-refractivity contribution < 1.29 is 4.79 Å². The van der Waals surface area contributed by atoms with E-state index in [4.69, 9.17) is 11.6 Å². The van der Waals surface area contributed by atoms with Crippen molar-refractivity contribution in [2.75, 3.05) is 0 Å². The van der Waals surface area contributed by atoms with E-state index in [1.54, 1.807) is 12.1 Å². The van der Waals surface area contributed by atoms with Gasteiger partial charge in [0.25, 0.3) is 5.91 Å². The first-order chi connectivity index (χ1) is 6.68. The Labute approximate surface area is 86.9 Å². The highest BCUT2D eigenvalue weighted by molar-refractivity contribution is 6.35. The van der Waals surface area contributed by atoms with Crippen LogP contribution in [0.3, 0.4) is 0 Å². The molecule has 1 aliphatic rings. The molecule has 3 heteroatoms. The lowest BCUT2D eigenvalue weighted by atomic mass is 10.1. The number of rotatable bonds is 1. The largest absolute Gasteiger partial charge is 0.323 e. The number of carbonyl (C=O) groups excluding carboxylic acids is 1. The molecule has 70 valence electrons. The third-order valence-corrected chi connectivity index (χ3v) is 2.33. The number of nitrogens with one attached hydrogen (secondary N) is 1. The Bertz CT molecular complexity index is 448. The predicted octanol–water partition coefficient (Wildman–Crippen LogP) is 2.37. The quantitative estimate of drug-likeness (QED) is 0.750. The van der Waals surface area contributed by atoms with Crippen LogP contribution in [0, 0.1) is 0 Å². The topological polar surface area (TPSA) is 29.1 Å². The van der Waals surface area contributed by atoms with Gasteiger partial charge in [-0.1, -0.05) is 36.4 Å². The minimum absolute atomic E-state index is 0.150. The van der Waals surface area contributed by atoms with E-state index in [1.807, 2.05) is 18.2 Å². The van der Waals surface area contributed by atoms with Gasteiger partial charge >= 0.3 is 0 Å². The summed E-state index contributed by atoms with van der Waals surface area (Å²) in [5.41, 5.74) is 1.91. The molecule has 1 amide bonds. The van der Waals surface area contributed by atoms with Gasteiger partial charge < -0.3 is 5.32 Å². The molecule has 0 saturated carbocycles. The number of halogens is 1. The third kappa shape index (κ3) is 1.44. The van der Waals surface area contributed by atoms with Crippen molar-refractivity contribution >= 4 is 23.1 Å². The second-order valence-electron chi connectivity index (χ2n) is 3.02. The van der Waals surface area contributed by atoms with Crippen LogP contribution >= 0.6 is 11.6 Å². The summed E-state index contributed by atoms with van der Waals surface area (Å²) in [6.07, 6.45) is 1.70. The maximum atomic E-state index is 11.4. The Morgan fingerprint density at radius 1 is 1.29 bits per heavy atom. The molecule has 1 N–H and O–H groups in total. The first kappa shape index (κ1) is 9.03. The summed E-state index contributed by atoms with van der Waals surface area (Å²) in [6.45, 7) is 3.66. The fourth-order valence-electron chi connectivity index (χ4n) is 1.37. The van der Waals surface area contributed by atoms with Crippen LogP contribution < -0.4 is 5.32 Å². The Kier molecular flexibility index (Phi) is 2.14. The van der Waals surface area contributed by atoms with Gasteiger partial charge in [0.1, 0.15) is 0 Å². The van der Waals surface area contributed by atoms with E-state index in [0.29, 0.717) is 16.3 Å². The molecule has 1 aromatic carbocycles. The third-order valence-electron chi connectivity index (χ3n) is 2.00. The monoisotopic (exact) mass is 205 g/mol. The average molecular weight is 206 g/mol. The van der Waals surface area contributed by atoms with E-state index in [0.717, 1.165) is 5.56 Å². The standard InChI is InChI=1S/C11H8ClNO/c1-7-6-9(11(14)13-7)8-4-2-3-5-10(8)12/h2-6H,1H2,(H,13,14). The molecule has 0 unspecified atom stereocenters. The van der Waals surface area contributed by atoms with Gasteiger partial charge in [0.15, 0.2) is 0 Å². The summed E-state index contributed by atoms with van der Waals surface area (Å²) in [5, 5.41) is 3.18. The highest BCUT2D eigenvalue weighted by atomic mass is 35.5. The Morgan fingerprint density at radius 3 is 2.57 bits per heavy atom. The molecule has 0 bridgehead atoms. The zero-order chi connectivity index (χ0) is 10.1. The SMILES string of the molecule is C=C1C=C(c2ccccc2Cl)C(=O)N1. The van der Waals surface area contributed by atoms with Crippen LogP contribution in [0.15, 0.2) is 42.6 Å². The zero-order valence-corrected chi connectivity index (χ0v) is 8.14. The molecule has 0 saturated heterocycles. The van der Waals surface area contributed by atoms with Crippen molar-refractivity contribution in [2.24, 2.45) is 0 Å². The second kappa shape index (κ2) is 3.31. The number of hydrogen-bond donors (Lipinski definition) is 1. The molecule has 1 heterocycles. The van der Waals surface area contributed by atoms with E-state index < -0.39 is 0 Å². The fraction of sp³-hybridized carbons (Fsp3) is 0. The van der Waals surface area contributed by atoms with Crippen molar-refractivity contribution in [1.82, 2.24) is 5.32 Å². The molecule has 14 heavy (non-hydrogen) atoms. The van der Waals surface area contributed by atoms with Gasteiger partial charge in [-0.3, -0.25) is 4.79 Å². The molecule has 2 nitrogen and oxygen atoms in total. The number of allylic oxidation sites excluding steroid dienone is 1. The van der Waals surface area contributed by atoms with Crippen LogP contribution in [-0.2, 0) is 4.79 Å². The van der Waals surface area contributed by atoms with Crippen molar-refractivity contribution in [2.45, 2.75) is 0 Å². The Balaban J connectivity index is 2.51. The molecule has 0 fully saturated rings. The molecule has 0 atom stereocenters. The molecule has 0 aromatic heterocycles. The zero-order valence-electron chi connectivity index (χ0n) is 7.38. The van der Waals surface area contributed by atoms with Crippen LogP contribution in [0.4, 0.5) is 0 Å². The van der Waals surface area contributed by atoms with Crippen molar-refractivity contribution in [1.29, 1.82) is 0 Å². The second-order valence-corrected chi connectivity index (χ2v) is 3.42. The molecule has 2 rings (SSSR count). The summed E-state index contributed by atoms with van der Waals surface area (Å²) in [6, 6.07) is 7.24. The normalized spacial score (nSPS) is 15.4. The van der Waals surface area contributed by atoms with Gasteiger partial charge in [0.2, 0.25) is 0 Å². The smallest absolute Gasteiger partial charge is 0.256 e. The maximum absolute atomic E-state index is 11.4. The number of carbonyl (C=O) groups is 1. The number of amides is 1. The summed E-state index contributed by atoms with van der Waals surface area (Å²) in [4.78, 5) is 11.4. The van der Waals surface area contributed by atoms with Crippen molar-refractivity contribution in [3.8, 4) is 0 Å². The van der Waals surface area contributed by atoms with Crippen LogP contribution in [0.2, 0.25) is 5.02 Å². The molecular weight excluding hydrogens is 198 g/mol. The van der Waals surface area contributed by atoms with Gasteiger partial charge in [0, 0.05) is 16.3 Å². The van der Waals surface area contributed by atoms with Crippen LogP contribution in [-0.4, -0.2) is 5.91 Å². The summed E-state index contributed by atoms with van der Waals surface area (Å²) in [7, 11) is 0. The van der Waals surface area contributed by atoms with E-state index >= 15 is 0 Å². The molecule has 1 aliphatic heterocycles. The lowest BCUT2D eigenvalue weighted by molar-refractivity contribution is -0.114. The van der Waals surface area contributed by atoms with E-state index in [-0.39, 0.29) is 5.91 Å². The Morgan fingerprint density at radius 2 is 2.00 bits per heavy atom. The number of hydrogen-bond acceptors (Lipinski definition) is 1. The van der Waals surface area contributed by atoms with E-state index in [2.05, 4.69) is 11.9 Å². The van der Waals surface area contributed by atoms with Crippen LogP contribution in [0.1, 0.15) is 5.56 Å².